The third-order valence-corrected chi connectivity index (χ3v) is 3.27. The highest BCUT2D eigenvalue weighted by Crippen LogP contribution is 2.14. The van der Waals surface area contributed by atoms with Gasteiger partial charge in [0.25, 0.3) is 0 Å². The number of carbonyl (C=O) groups excluding carboxylic acids is 1. The number of hydrogen-bond donors (Lipinski definition) is 2. The zero-order valence-corrected chi connectivity index (χ0v) is 13.4. The number of nitrogens with zero attached hydrogens (tertiary/aromatic N) is 1. The molecule has 0 aliphatic rings. The summed E-state index contributed by atoms with van der Waals surface area (Å²) in [6.45, 7) is 1.42. The van der Waals surface area contributed by atoms with Gasteiger partial charge in [-0.25, -0.2) is 0 Å². The molecule has 0 amide bonds. The lowest BCUT2D eigenvalue weighted by Crippen LogP contribution is -2.27. The van der Waals surface area contributed by atoms with Gasteiger partial charge in [0.2, 0.25) is 0 Å². The van der Waals surface area contributed by atoms with Crippen LogP contribution in [0.3, 0.4) is 0 Å². The Kier molecular flexibility index (Phi) is 5.63. The number of anilines is 2. The molecule has 0 aliphatic carbocycles. The van der Waals surface area contributed by atoms with E-state index in [4.69, 9.17) is 23.8 Å². The van der Waals surface area contributed by atoms with Crippen LogP contribution in [0.25, 0.3) is 0 Å². The van der Waals surface area contributed by atoms with Gasteiger partial charge in [0.15, 0.2) is 11.5 Å². The molecule has 2 aromatic carbocycles. The molecule has 0 fully saturated rings. The second-order valence-electron chi connectivity index (χ2n) is 4.46. The summed E-state index contributed by atoms with van der Waals surface area (Å²) in [7, 11) is 0. The lowest BCUT2D eigenvalue weighted by atomic mass is 10.2. The van der Waals surface area contributed by atoms with Crippen LogP contribution in [0.4, 0.5) is 11.4 Å². The van der Waals surface area contributed by atoms with E-state index in [2.05, 4.69) is 15.8 Å². The lowest BCUT2D eigenvalue weighted by Gasteiger charge is -2.09. The van der Waals surface area contributed by atoms with E-state index in [9.17, 15) is 4.79 Å². The van der Waals surface area contributed by atoms with Crippen molar-refractivity contribution in [3.63, 3.8) is 0 Å². The van der Waals surface area contributed by atoms with E-state index >= 15 is 0 Å². The average molecular weight is 332 g/mol. The molecule has 0 unspecified atom stereocenters. The van der Waals surface area contributed by atoms with Crippen molar-refractivity contribution in [3.8, 4) is 0 Å². The van der Waals surface area contributed by atoms with E-state index in [1.165, 1.54) is 6.92 Å². The third kappa shape index (κ3) is 4.65. The number of hydrazone groups is 1. The number of halogens is 1. The molecular weight excluding hydrogens is 318 g/mol. The highest BCUT2D eigenvalue weighted by Gasteiger charge is 2.13. The lowest BCUT2D eigenvalue weighted by molar-refractivity contribution is -0.110. The standard InChI is InChI=1S/C16H14ClN3OS/c1-11(21)15(20-19-14-5-3-2-4-6-14)16(22)18-13-9-7-12(17)8-10-13/h2-10,19H,1H3,(H,18,22)/b20-15-. The van der Waals surface area contributed by atoms with Crippen molar-refractivity contribution in [3.05, 3.63) is 59.6 Å². The monoisotopic (exact) mass is 331 g/mol. The SMILES string of the molecule is CC(=O)/C(=N/Nc1ccccc1)C(=S)Nc1ccc(Cl)cc1. The maximum absolute atomic E-state index is 11.7. The minimum Gasteiger partial charge on any atom is -0.345 e. The van der Waals surface area contributed by atoms with Gasteiger partial charge >= 0.3 is 0 Å². The number of thiocarbonyl (C=S) groups is 1. The normalized spacial score (nSPS) is 10.9. The largest absolute Gasteiger partial charge is 0.345 e. The topological polar surface area (TPSA) is 53.5 Å². The van der Waals surface area contributed by atoms with Crippen LogP contribution in [0.5, 0.6) is 0 Å². The zero-order chi connectivity index (χ0) is 15.9. The first-order valence-electron chi connectivity index (χ1n) is 6.53. The molecule has 0 radical (unpaired) electrons. The molecule has 0 atom stereocenters. The number of nitrogens with one attached hydrogen (secondary N) is 2. The summed E-state index contributed by atoms with van der Waals surface area (Å²) in [5, 5.41) is 7.69. The van der Waals surface area contributed by atoms with Crippen molar-refractivity contribution in [2.75, 3.05) is 10.7 Å². The number of carbonyl (C=O) groups is 1. The summed E-state index contributed by atoms with van der Waals surface area (Å²) in [6, 6.07) is 16.3. The van der Waals surface area contributed by atoms with Crippen LogP contribution in [-0.2, 0) is 4.79 Å². The van der Waals surface area contributed by atoms with Gasteiger partial charge < -0.3 is 5.32 Å². The summed E-state index contributed by atoms with van der Waals surface area (Å²) < 4.78 is 0. The Labute approximate surface area is 139 Å². The Bertz CT molecular complexity index is 699. The highest BCUT2D eigenvalue weighted by atomic mass is 35.5. The van der Waals surface area contributed by atoms with Crippen LogP contribution in [0.15, 0.2) is 59.7 Å². The maximum Gasteiger partial charge on any atom is 0.182 e. The zero-order valence-electron chi connectivity index (χ0n) is 11.8. The van der Waals surface area contributed by atoms with Gasteiger partial charge in [0, 0.05) is 17.6 Å². The van der Waals surface area contributed by atoms with Crippen LogP contribution in [-0.4, -0.2) is 16.5 Å². The molecule has 4 nitrogen and oxygen atoms in total. The highest BCUT2D eigenvalue weighted by molar-refractivity contribution is 7.82. The molecule has 0 aromatic heterocycles. The van der Waals surface area contributed by atoms with Crippen LogP contribution in [0, 0.1) is 0 Å². The predicted octanol–water partition coefficient (Wildman–Crippen LogP) is 4.14. The molecule has 2 rings (SSSR count). The molecule has 112 valence electrons. The fraction of sp³-hybridized carbons (Fsp3) is 0.0625. The smallest absolute Gasteiger partial charge is 0.182 e. The maximum atomic E-state index is 11.7. The van der Waals surface area contributed by atoms with Crippen LogP contribution < -0.4 is 10.7 Å². The first-order valence-corrected chi connectivity index (χ1v) is 7.31. The molecule has 2 N–H and O–H groups in total. The molecule has 0 heterocycles. The Morgan fingerprint density at radius 3 is 2.27 bits per heavy atom. The molecule has 0 bridgehead atoms. The van der Waals surface area contributed by atoms with Gasteiger partial charge in [0.05, 0.1) is 5.69 Å². The Balaban J connectivity index is 2.11. The van der Waals surface area contributed by atoms with E-state index in [1.807, 2.05) is 30.3 Å². The second-order valence-corrected chi connectivity index (χ2v) is 5.30. The van der Waals surface area contributed by atoms with Crippen molar-refractivity contribution >= 4 is 51.7 Å². The molecule has 0 aliphatic heterocycles. The van der Waals surface area contributed by atoms with E-state index in [0.29, 0.717) is 5.02 Å². The van der Waals surface area contributed by atoms with E-state index < -0.39 is 0 Å². The van der Waals surface area contributed by atoms with Gasteiger partial charge in [-0.1, -0.05) is 42.0 Å². The van der Waals surface area contributed by atoms with Crippen molar-refractivity contribution in [2.24, 2.45) is 5.10 Å². The van der Waals surface area contributed by atoms with Gasteiger partial charge in [-0.05, 0) is 36.4 Å². The van der Waals surface area contributed by atoms with Crippen molar-refractivity contribution in [1.82, 2.24) is 0 Å². The first kappa shape index (κ1) is 16.1. The number of rotatable bonds is 5. The molecule has 0 saturated carbocycles. The fourth-order valence-electron chi connectivity index (χ4n) is 1.65. The first-order chi connectivity index (χ1) is 10.6. The minimum absolute atomic E-state index is 0.161. The van der Waals surface area contributed by atoms with Crippen molar-refractivity contribution in [2.45, 2.75) is 6.92 Å². The molecule has 6 heteroatoms. The molecule has 22 heavy (non-hydrogen) atoms. The van der Waals surface area contributed by atoms with E-state index in [1.54, 1.807) is 24.3 Å². The van der Waals surface area contributed by atoms with Gasteiger partial charge in [-0.2, -0.15) is 5.10 Å². The summed E-state index contributed by atoms with van der Waals surface area (Å²) in [5.74, 6) is -0.227. The molecule has 0 saturated heterocycles. The van der Waals surface area contributed by atoms with Crippen molar-refractivity contribution < 1.29 is 4.79 Å². The number of ketones is 1. The van der Waals surface area contributed by atoms with Crippen LogP contribution in [0.1, 0.15) is 6.92 Å². The fourth-order valence-corrected chi connectivity index (χ4v) is 2.08. The predicted molar refractivity (Wildman–Crippen MR) is 95.9 cm³/mol. The summed E-state index contributed by atoms with van der Waals surface area (Å²) in [4.78, 5) is 12.0. The van der Waals surface area contributed by atoms with Crippen molar-refractivity contribution in [1.29, 1.82) is 0 Å². The summed E-state index contributed by atoms with van der Waals surface area (Å²) in [6.07, 6.45) is 0. The molecule has 0 spiro atoms. The Morgan fingerprint density at radius 2 is 1.68 bits per heavy atom. The van der Waals surface area contributed by atoms with Gasteiger partial charge in [-0.3, -0.25) is 10.2 Å². The summed E-state index contributed by atoms with van der Waals surface area (Å²) >= 11 is 11.1. The average Bonchev–Trinajstić information content (AvgIpc) is 2.50. The second kappa shape index (κ2) is 7.68. The van der Waals surface area contributed by atoms with Gasteiger partial charge in [-0.15, -0.1) is 0 Å². The van der Waals surface area contributed by atoms with E-state index in [0.717, 1.165) is 11.4 Å². The third-order valence-electron chi connectivity index (χ3n) is 2.72. The van der Waals surface area contributed by atoms with Crippen LogP contribution >= 0.6 is 23.8 Å². The summed E-state index contributed by atoms with van der Waals surface area (Å²) in [5.41, 5.74) is 4.49. The number of hydrogen-bond acceptors (Lipinski definition) is 4. The number of Topliss-reactive ketones (excluding diaryl/α,β-unsaturated/α-hetero) is 1. The van der Waals surface area contributed by atoms with E-state index in [-0.39, 0.29) is 16.5 Å². The number of para-hydroxylation sites is 1. The molecule has 2 aromatic rings. The van der Waals surface area contributed by atoms with Crippen LogP contribution in [0.2, 0.25) is 5.02 Å². The number of benzene rings is 2. The van der Waals surface area contributed by atoms with Gasteiger partial charge in [0.1, 0.15) is 4.99 Å². The Hall–Kier alpha value is -2.24. The minimum atomic E-state index is -0.227. The Morgan fingerprint density at radius 1 is 1.05 bits per heavy atom. The quantitative estimate of drug-likeness (QED) is 0.491. The molecular formula is C16H14ClN3OS.